The minimum atomic E-state index is -3.11. The molecule has 0 aromatic heterocycles. The van der Waals surface area contributed by atoms with E-state index in [2.05, 4.69) is 26.6 Å². The van der Waals surface area contributed by atoms with Crippen molar-refractivity contribution in [3.8, 4) is 0 Å². The van der Waals surface area contributed by atoms with Crippen LogP contribution in [0, 0.1) is 0 Å². The molecule has 36 N–H and O–H groups in total. The van der Waals surface area contributed by atoms with E-state index in [1.54, 1.807) is 0 Å². The predicted molar refractivity (Wildman–Crippen MR) is 422 cm³/mol. The molecule has 10 fully saturated rings. The fraction of sp³-hybridized carbons (Fsp3) is 0.908. The van der Waals surface area contributed by atoms with E-state index in [0.717, 1.165) is 34.6 Å². The zero-order valence-corrected chi connectivity index (χ0v) is 73.8. The average Bonchev–Trinajstić information content (AvgIpc) is 0.769. The maximum absolute atomic E-state index is 13.2. The van der Waals surface area contributed by atoms with Crippen LogP contribution in [0.2, 0.25) is 0 Å². The molecule has 62 heteroatoms. The Kier molecular flexibility index (Phi) is 40.6. The summed E-state index contributed by atoms with van der Waals surface area (Å²) in [4.78, 5) is 89.1. The van der Waals surface area contributed by atoms with Crippen LogP contribution in [-0.4, -0.2) is 584 Å². The van der Waals surface area contributed by atoms with Gasteiger partial charge in [0.1, 0.15) is 232 Å². The second-order valence-electron chi connectivity index (χ2n) is 34.6. The van der Waals surface area contributed by atoms with Gasteiger partial charge in [0.25, 0.3) is 11.6 Å². The number of aliphatic hydroxyl groups is 29. The maximum atomic E-state index is 13.2. The van der Waals surface area contributed by atoms with Gasteiger partial charge < -0.3 is 275 Å². The van der Waals surface area contributed by atoms with Gasteiger partial charge in [-0.15, -0.1) is 0 Å². The first-order valence-electron chi connectivity index (χ1n) is 43.4. The summed E-state index contributed by atoms with van der Waals surface area (Å²) in [5, 5.41) is 357. The molecule has 5 amide bonds. The van der Waals surface area contributed by atoms with Crippen molar-refractivity contribution in [3.05, 3.63) is 0 Å². The molecule has 0 aromatic rings. The number of carboxylic acids is 2. The van der Waals surface area contributed by atoms with E-state index in [1.165, 1.54) is 0 Å². The Morgan fingerprint density at radius 2 is 0.587 bits per heavy atom. The van der Waals surface area contributed by atoms with Crippen molar-refractivity contribution in [1.29, 1.82) is 0 Å². The third kappa shape index (κ3) is 25.4. The first-order chi connectivity index (χ1) is 64.9. The van der Waals surface area contributed by atoms with E-state index in [1.807, 2.05) is 0 Å². The topological polar surface area (TPSA) is 982 Å². The van der Waals surface area contributed by atoms with Crippen LogP contribution in [0.3, 0.4) is 0 Å². The summed E-state index contributed by atoms with van der Waals surface area (Å²) >= 11 is 0. The number of hydrogen-bond donors (Lipinski definition) is 36. The van der Waals surface area contributed by atoms with Crippen LogP contribution < -0.4 is 26.6 Å². The first-order valence-corrected chi connectivity index (χ1v) is 43.4. The van der Waals surface area contributed by atoms with E-state index < -0.39 is 438 Å². The molecule has 138 heavy (non-hydrogen) atoms. The van der Waals surface area contributed by atoms with Crippen molar-refractivity contribution in [1.82, 2.24) is 26.6 Å². The lowest BCUT2D eigenvalue weighted by atomic mass is 9.88. The van der Waals surface area contributed by atoms with Gasteiger partial charge in [-0.05, 0) is 0 Å². The van der Waals surface area contributed by atoms with E-state index in [0.29, 0.717) is 0 Å². The van der Waals surface area contributed by atoms with Crippen LogP contribution in [0.4, 0.5) is 0 Å². The fourth-order valence-electron chi connectivity index (χ4n) is 17.5. The Hall–Kier alpha value is -5.63. The van der Waals surface area contributed by atoms with Gasteiger partial charge in [0.2, 0.25) is 29.5 Å². The smallest absolute Gasteiger partial charge is 0.364 e. The van der Waals surface area contributed by atoms with Crippen molar-refractivity contribution >= 4 is 41.5 Å². The number of carbonyl (C=O) groups excluding carboxylic acids is 5. The molecule has 10 aliphatic heterocycles. The molecule has 0 saturated carbocycles. The number of carboxylic acid groups (broad SMARTS) is 2. The molecule has 0 aromatic carbocycles. The quantitative estimate of drug-likeness (QED) is 0.0272. The molecular formula is C76H125N5O57. The predicted octanol–water partition coefficient (Wildman–Crippen LogP) is -23.7. The zero-order valence-electron chi connectivity index (χ0n) is 73.8. The average molecular weight is 2020 g/mol. The van der Waals surface area contributed by atoms with Gasteiger partial charge in [-0.3, -0.25) is 24.0 Å². The molecule has 52 atom stereocenters. The fourth-order valence-corrected chi connectivity index (χ4v) is 17.5. The second kappa shape index (κ2) is 49.0. The highest BCUT2D eigenvalue weighted by atomic mass is 16.8. The Bertz CT molecular complexity index is 3930. The summed E-state index contributed by atoms with van der Waals surface area (Å²) in [5.74, 6) is -15.0. The minimum absolute atomic E-state index is 0.852. The minimum Gasteiger partial charge on any atom is -0.477 e. The van der Waals surface area contributed by atoms with Gasteiger partial charge in [0, 0.05) is 47.5 Å². The lowest BCUT2D eigenvalue weighted by molar-refractivity contribution is -0.398. The highest BCUT2D eigenvalue weighted by Crippen LogP contribution is 2.43. The molecule has 0 bridgehead atoms. The van der Waals surface area contributed by atoms with E-state index in [-0.39, 0.29) is 0 Å². The summed E-state index contributed by atoms with van der Waals surface area (Å²) < 4.78 is 112. The largest absolute Gasteiger partial charge is 0.477 e. The molecule has 10 aliphatic rings. The van der Waals surface area contributed by atoms with E-state index in [9.17, 15) is 192 Å². The van der Waals surface area contributed by atoms with Gasteiger partial charge in [-0.2, -0.15) is 0 Å². The van der Waals surface area contributed by atoms with Crippen molar-refractivity contribution in [3.63, 3.8) is 0 Å². The monoisotopic (exact) mass is 2020 g/mol. The molecule has 10 heterocycles. The van der Waals surface area contributed by atoms with Crippen LogP contribution in [0.1, 0.15) is 47.5 Å². The van der Waals surface area contributed by atoms with Gasteiger partial charge in [0.15, 0.2) is 50.3 Å². The van der Waals surface area contributed by atoms with Crippen molar-refractivity contribution in [2.45, 2.75) is 365 Å². The van der Waals surface area contributed by atoms with E-state index >= 15 is 0 Å². The Morgan fingerprint density at radius 3 is 0.942 bits per heavy atom. The Morgan fingerprint density at radius 1 is 0.297 bits per heavy atom. The maximum Gasteiger partial charge on any atom is 0.364 e. The van der Waals surface area contributed by atoms with Gasteiger partial charge >= 0.3 is 11.9 Å². The highest BCUT2D eigenvalue weighted by Gasteiger charge is 2.64. The van der Waals surface area contributed by atoms with Crippen molar-refractivity contribution in [2.24, 2.45) is 0 Å². The van der Waals surface area contributed by atoms with Gasteiger partial charge in [-0.25, -0.2) is 9.59 Å². The number of aliphatic carboxylic acids is 2. The first kappa shape index (κ1) is 114. The summed E-state index contributed by atoms with van der Waals surface area (Å²) in [7, 11) is 0. The Labute approximate surface area is 779 Å². The van der Waals surface area contributed by atoms with Crippen molar-refractivity contribution in [2.75, 3.05) is 66.1 Å². The third-order valence-corrected chi connectivity index (χ3v) is 24.8. The molecule has 1 unspecified atom stereocenters. The molecule has 796 valence electrons. The molecule has 0 aliphatic carbocycles. The number of rotatable bonds is 39. The summed E-state index contributed by atoms with van der Waals surface area (Å²) in [5.41, 5.74) is 0. The Balaban J connectivity index is 0.908. The summed E-state index contributed by atoms with van der Waals surface area (Å²) in [6.45, 7) is -7.65. The number of ether oxygens (including phenoxy) is 19. The zero-order chi connectivity index (χ0) is 102. The molecule has 10 rings (SSSR count). The van der Waals surface area contributed by atoms with Crippen LogP contribution in [0.25, 0.3) is 0 Å². The molecule has 0 spiro atoms. The normalized spacial score (nSPS) is 46.2. The van der Waals surface area contributed by atoms with Crippen LogP contribution in [0.5, 0.6) is 0 Å². The number of carbonyl (C=O) groups is 7. The third-order valence-electron chi connectivity index (χ3n) is 24.8. The second-order valence-corrected chi connectivity index (χ2v) is 34.6. The van der Waals surface area contributed by atoms with E-state index in [4.69, 9.17) is 90.0 Å². The van der Waals surface area contributed by atoms with Crippen LogP contribution >= 0.6 is 0 Å². The summed E-state index contributed by atoms with van der Waals surface area (Å²) in [6, 6.07) is -9.40. The van der Waals surface area contributed by atoms with Gasteiger partial charge in [-0.1, -0.05) is 0 Å². The molecular weight excluding hydrogens is 1890 g/mol. The standard InChI is InChI=1S/C76H125N5O57/c1-18(89)77-35-23(94)6-75(73(116)117,137-60(35)40(98)25(96)8-82)121-16-33-44(102)50(108)54(112)68(129-33)131-58-30(13-87)126-66(38(48(58)106)80-21(4)92)135-63-52(110)42(100)27(10-84)124-71(63)120-15-32-46(104)62(56(114)70(128-32)133-57-29(12-86)123-65(115)37(47(57)105)79-20(3)91)134-72-64(53(111)43(101)28(11-85)125-72)136-67-39(81-22(5)93)49(107)59(31(14-88)127-67)132-69-55(113)51(109)45(103)34(130-69)17-122-76(74(118)119)7-24(95)36(78-19(2)90)61(138-76)41(99)26(97)9-83/h23-72,82-88,94-115H,6-17H2,1-5H3,(H,77,89)(H,78,90)(H,79,91)(H,80,92)(H,81,93)(H,116,117)(H,118,119)/t23-,24-,25+,26+,27+,28+,29+,30+,31+,32+,33+,34+,35+,36+,37+,38+,39+,40+,41+,42+,43+,44-,45-,46+,47+,48+,49+,50-,51-,52-,53-,54+,55+,56-,57+,58+,59+,60+,61+,62-,63-,64-,65?,66-,67-,68-,69-,70+,71-,72+,75+,76+/m0/s1. The SMILES string of the molecule is CC(=O)N[C@H]1[C@H](O[C@@H]2[C@@H](OC[C@H]3O[C@H](O[C@H]4[C@H](O)[C@@H](NC(C)=O)C(O)O[C@@H]4CO)[C@@H](O)[C@@H](O[C@H]4O[C@H](CO)[C@@H](O)[C@H](O)[C@@H]4O[C@@H]4O[C@H](CO)[C@@H](O[C@@H]5O[C@H](CO[C@]6(C(=O)O)C[C@H](O)[C@@H](NC(C)=O)[C@H]([C@H](O)[C@H](O)CO)O6)[C@H](O)[C@H](O)[C@H]5O)[C@H](O)[C@H]4NC(C)=O)[C@@H]3O)O[C@H](CO)[C@@H](O)[C@@H]2O)O[C@H](CO)[C@@H](O[C@@H]2O[C@H](CO[C@]3(C(=O)O)C[C@H](O)[C@@H](NC(C)=O)[C@H]([C@H](O)[C@H](O)CO)O3)[C@H](O)[C@H](O)[C@H]2O)[C@@H]1O. The van der Waals surface area contributed by atoms with Gasteiger partial charge in [0.05, 0.1) is 90.4 Å². The number of hydrogen-bond acceptors (Lipinski definition) is 55. The molecule has 0 radical (unpaired) electrons. The lowest BCUT2D eigenvalue weighted by Gasteiger charge is -2.51. The number of amides is 5. The van der Waals surface area contributed by atoms with Crippen LogP contribution in [0.15, 0.2) is 0 Å². The van der Waals surface area contributed by atoms with Crippen molar-refractivity contribution < 1.29 is 282 Å². The summed E-state index contributed by atoms with van der Waals surface area (Å²) in [6.07, 6.45) is -103. The molecule has 10 saturated heterocycles. The lowest BCUT2D eigenvalue weighted by Crippen LogP contribution is -2.70. The number of nitrogens with one attached hydrogen (secondary N) is 5. The van der Waals surface area contributed by atoms with Crippen LogP contribution in [-0.2, 0) is 124 Å². The molecule has 62 nitrogen and oxygen atoms in total. The highest BCUT2D eigenvalue weighted by molar-refractivity contribution is 5.78. The number of aliphatic hydroxyl groups excluding tert-OH is 29.